The lowest BCUT2D eigenvalue weighted by molar-refractivity contribution is -0.132. The van der Waals surface area contributed by atoms with Crippen molar-refractivity contribution in [1.82, 2.24) is 14.7 Å². The van der Waals surface area contributed by atoms with Gasteiger partial charge in [-0.05, 0) is 12.8 Å². The Labute approximate surface area is 114 Å². The molecule has 1 atom stereocenters. The maximum atomic E-state index is 11.7. The highest BCUT2D eigenvalue weighted by Gasteiger charge is 2.29. The number of piperazine rings is 1. The van der Waals surface area contributed by atoms with Crippen molar-refractivity contribution in [3.05, 3.63) is 0 Å². The number of hydrogen-bond donors (Lipinski definition) is 1. The average Bonchev–Trinajstić information content (AvgIpc) is 2.46. The van der Waals surface area contributed by atoms with Crippen LogP contribution >= 0.6 is 0 Å². The number of carbonyl (C=O) groups is 2. The van der Waals surface area contributed by atoms with E-state index in [1.807, 2.05) is 9.80 Å². The molecule has 2 amide bonds. The Kier molecular flexibility index (Phi) is 4.76. The largest absolute Gasteiger partial charge is 0.340 e. The molecule has 0 saturated carbocycles. The first-order chi connectivity index (χ1) is 9.11. The quantitative estimate of drug-likeness (QED) is 0.705. The van der Waals surface area contributed by atoms with E-state index in [9.17, 15) is 9.59 Å². The summed E-state index contributed by atoms with van der Waals surface area (Å²) in [6.45, 7) is 6.77. The molecule has 0 aromatic carbocycles. The number of rotatable bonds is 2. The van der Waals surface area contributed by atoms with Crippen LogP contribution < -0.4 is 5.73 Å². The fraction of sp³-hybridized carbons (Fsp3) is 0.846. The summed E-state index contributed by atoms with van der Waals surface area (Å²) in [6, 6.07) is 0.429. The number of hydrogen-bond acceptors (Lipinski definition) is 4. The van der Waals surface area contributed by atoms with Gasteiger partial charge in [0.2, 0.25) is 11.8 Å². The predicted molar refractivity (Wildman–Crippen MR) is 72.5 cm³/mol. The second kappa shape index (κ2) is 6.34. The van der Waals surface area contributed by atoms with E-state index >= 15 is 0 Å². The lowest BCUT2D eigenvalue weighted by Crippen LogP contribution is -2.56. The Morgan fingerprint density at radius 2 is 1.79 bits per heavy atom. The zero-order valence-corrected chi connectivity index (χ0v) is 11.7. The molecule has 19 heavy (non-hydrogen) atoms. The molecule has 0 aromatic heterocycles. The minimum atomic E-state index is 0.0482. The molecular formula is C13H24N4O2. The average molecular weight is 268 g/mol. The van der Waals surface area contributed by atoms with Gasteiger partial charge in [0.05, 0.1) is 6.54 Å². The monoisotopic (exact) mass is 268 g/mol. The minimum absolute atomic E-state index is 0.0482. The van der Waals surface area contributed by atoms with Gasteiger partial charge in [-0.15, -0.1) is 0 Å². The SMILES string of the molecule is CC(=O)N1CCN(C2CCCN(C(=O)CN)C2)CC1. The lowest BCUT2D eigenvalue weighted by atomic mass is 10.0. The molecule has 2 N–H and O–H groups in total. The van der Waals surface area contributed by atoms with Crippen molar-refractivity contribution < 1.29 is 9.59 Å². The number of likely N-dealkylation sites (tertiary alicyclic amines) is 1. The van der Waals surface area contributed by atoms with Crippen molar-refractivity contribution in [3.63, 3.8) is 0 Å². The van der Waals surface area contributed by atoms with Crippen LogP contribution in [0.5, 0.6) is 0 Å². The molecule has 2 fully saturated rings. The first-order valence-corrected chi connectivity index (χ1v) is 7.09. The minimum Gasteiger partial charge on any atom is -0.340 e. The third kappa shape index (κ3) is 3.45. The number of nitrogens with two attached hydrogens (primary N) is 1. The molecule has 0 aliphatic carbocycles. The molecule has 0 aromatic rings. The van der Waals surface area contributed by atoms with Gasteiger partial charge in [-0.25, -0.2) is 0 Å². The second-order valence-corrected chi connectivity index (χ2v) is 5.38. The molecule has 0 radical (unpaired) electrons. The topological polar surface area (TPSA) is 69.9 Å². The highest BCUT2D eigenvalue weighted by atomic mass is 16.2. The third-order valence-electron chi connectivity index (χ3n) is 4.20. The molecular weight excluding hydrogens is 244 g/mol. The molecule has 2 rings (SSSR count). The standard InChI is InChI=1S/C13H24N4O2/c1-11(18)15-5-7-16(8-6-15)12-3-2-4-17(10-12)13(19)9-14/h12H,2-10,14H2,1H3. The molecule has 2 heterocycles. The second-order valence-electron chi connectivity index (χ2n) is 5.38. The van der Waals surface area contributed by atoms with Crippen LogP contribution in [0, 0.1) is 0 Å². The summed E-state index contributed by atoms with van der Waals surface area (Å²) in [5, 5.41) is 0. The van der Waals surface area contributed by atoms with E-state index in [-0.39, 0.29) is 18.4 Å². The smallest absolute Gasteiger partial charge is 0.236 e. The van der Waals surface area contributed by atoms with Gasteiger partial charge in [0, 0.05) is 52.2 Å². The van der Waals surface area contributed by atoms with Gasteiger partial charge in [-0.3, -0.25) is 14.5 Å². The van der Waals surface area contributed by atoms with Gasteiger partial charge in [0.15, 0.2) is 0 Å². The van der Waals surface area contributed by atoms with Crippen LogP contribution in [0.25, 0.3) is 0 Å². The Bertz CT molecular complexity index is 340. The van der Waals surface area contributed by atoms with Crippen LogP contribution in [-0.4, -0.2) is 78.4 Å². The molecule has 1 unspecified atom stereocenters. The Balaban J connectivity index is 1.85. The third-order valence-corrected chi connectivity index (χ3v) is 4.20. The molecule has 108 valence electrons. The van der Waals surface area contributed by atoms with Gasteiger partial charge in [-0.1, -0.05) is 0 Å². The van der Waals surface area contributed by atoms with Crippen LogP contribution in [-0.2, 0) is 9.59 Å². The van der Waals surface area contributed by atoms with Crippen molar-refractivity contribution in [2.45, 2.75) is 25.8 Å². The van der Waals surface area contributed by atoms with Crippen LogP contribution in [0.1, 0.15) is 19.8 Å². The van der Waals surface area contributed by atoms with Gasteiger partial charge < -0.3 is 15.5 Å². The van der Waals surface area contributed by atoms with Gasteiger partial charge in [0.1, 0.15) is 0 Å². The number of piperidine rings is 1. The number of carbonyl (C=O) groups excluding carboxylic acids is 2. The zero-order valence-electron chi connectivity index (χ0n) is 11.7. The van der Waals surface area contributed by atoms with Crippen LogP contribution in [0.3, 0.4) is 0 Å². The predicted octanol–water partition coefficient (Wildman–Crippen LogP) is -0.900. The molecule has 6 nitrogen and oxygen atoms in total. The van der Waals surface area contributed by atoms with E-state index in [2.05, 4.69) is 4.90 Å². The van der Waals surface area contributed by atoms with E-state index < -0.39 is 0 Å². The fourth-order valence-electron chi connectivity index (χ4n) is 3.01. The number of amides is 2. The molecule has 2 aliphatic rings. The summed E-state index contributed by atoms with van der Waals surface area (Å²) < 4.78 is 0. The van der Waals surface area contributed by atoms with Gasteiger partial charge >= 0.3 is 0 Å². The molecule has 2 saturated heterocycles. The Morgan fingerprint density at radius 1 is 1.11 bits per heavy atom. The summed E-state index contributed by atoms with van der Waals surface area (Å²) in [6.07, 6.45) is 2.18. The van der Waals surface area contributed by atoms with Crippen LogP contribution in [0.4, 0.5) is 0 Å². The van der Waals surface area contributed by atoms with Crippen molar-refractivity contribution in [2.24, 2.45) is 5.73 Å². The van der Waals surface area contributed by atoms with E-state index in [1.54, 1.807) is 6.92 Å². The molecule has 0 spiro atoms. The summed E-state index contributed by atoms with van der Waals surface area (Å²) in [7, 11) is 0. The highest BCUT2D eigenvalue weighted by molar-refractivity contribution is 5.78. The summed E-state index contributed by atoms with van der Waals surface area (Å²) in [4.78, 5) is 29.2. The first kappa shape index (κ1) is 14.3. The van der Waals surface area contributed by atoms with Crippen molar-refractivity contribution in [1.29, 1.82) is 0 Å². The van der Waals surface area contributed by atoms with E-state index in [4.69, 9.17) is 5.73 Å². The van der Waals surface area contributed by atoms with Gasteiger partial charge in [-0.2, -0.15) is 0 Å². The normalized spacial score (nSPS) is 25.5. The van der Waals surface area contributed by atoms with E-state index in [0.29, 0.717) is 6.04 Å². The maximum absolute atomic E-state index is 11.7. The Morgan fingerprint density at radius 3 is 2.37 bits per heavy atom. The number of nitrogens with zero attached hydrogens (tertiary/aromatic N) is 3. The zero-order chi connectivity index (χ0) is 13.8. The lowest BCUT2D eigenvalue weighted by Gasteiger charge is -2.43. The summed E-state index contributed by atoms with van der Waals surface area (Å²) in [5.41, 5.74) is 5.43. The first-order valence-electron chi connectivity index (χ1n) is 7.09. The fourth-order valence-corrected chi connectivity index (χ4v) is 3.01. The molecule has 2 aliphatic heterocycles. The van der Waals surface area contributed by atoms with Crippen LogP contribution in [0.2, 0.25) is 0 Å². The van der Waals surface area contributed by atoms with Crippen molar-refractivity contribution in [2.75, 3.05) is 45.8 Å². The molecule has 0 bridgehead atoms. The maximum Gasteiger partial charge on any atom is 0.236 e. The van der Waals surface area contributed by atoms with Crippen molar-refractivity contribution >= 4 is 11.8 Å². The molecule has 6 heteroatoms. The highest BCUT2D eigenvalue weighted by Crippen LogP contribution is 2.17. The van der Waals surface area contributed by atoms with Gasteiger partial charge in [0.25, 0.3) is 0 Å². The van der Waals surface area contributed by atoms with Crippen LogP contribution in [0.15, 0.2) is 0 Å². The summed E-state index contributed by atoms with van der Waals surface area (Å²) >= 11 is 0. The van der Waals surface area contributed by atoms with E-state index in [0.717, 1.165) is 52.1 Å². The van der Waals surface area contributed by atoms with E-state index in [1.165, 1.54) is 0 Å². The van der Waals surface area contributed by atoms with Crippen molar-refractivity contribution in [3.8, 4) is 0 Å². The summed E-state index contributed by atoms with van der Waals surface area (Å²) in [5.74, 6) is 0.204. The Hall–Kier alpha value is -1.14.